The predicted octanol–water partition coefficient (Wildman–Crippen LogP) is 2.81. The van der Waals surface area contributed by atoms with Gasteiger partial charge in [-0.3, -0.25) is 4.40 Å². The van der Waals surface area contributed by atoms with Crippen LogP contribution in [0, 0.1) is 6.92 Å². The number of rotatable bonds is 4. The molecule has 124 valence electrons. The van der Waals surface area contributed by atoms with Crippen LogP contribution in [-0.2, 0) is 6.54 Å². The maximum atomic E-state index is 10.0. The fraction of sp³-hybridized carbons (Fsp3) is 0.111. The van der Waals surface area contributed by atoms with Gasteiger partial charge in [0, 0.05) is 30.4 Å². The van der Waals surface area contributed by atoms with Gasteiger partial charge in [0.05, 0.1) is 17.8 Å². The van der Waals surface area contributed by atoms with Crippen molar-refractivity contribution in [2.75, 3.05) is 5.32 Å². The van der Waals surface area contributed by atoms with Crippen LogP contribution < -0.4 is 5.32 Å². The number of aryl methyl sites for hydroxylation is 1. The van der Waals surface area contributed by atoms with E-state index in [1.807, 2.05) is 41.9 Å². The highest BCUT2D eigenvalue weighted by Gasteiger charge is 2.09. The predicted molar refractivity (Wildman–Crippen MR) is 94.2 cm³/mol. The molecule has 2 N–H and O–H groups in total. The van der Waals surface area contributed by atoms with Crippen LogP contribution in [0.5, 0.6) is 5.75 Å². The van der Waals surface area contributed by atoms with Crippen LogP contribution in [0.4, 0.5) is 5.82 Å². The molecule has 4 aromatic rings. The first-order valence-electron chi connectivity index (χ1n) is 7.85. The number of fused-ring (bicyclic) bond motifs is 1. The van der Waals surface area contributed by atoms with E-state index in [1.54, 1.807) is 24.4 Å². The fourth-order valence-electron chi connectivity index (χ4n) is 2.59. The maximum absolute atomic E-state index is 10.0. The van der Waals surface area contributed by atoms with Crippen molar-refractivity contribution < 1.29 is 5.11 Å². The van der Waals surface area contributed by atoms with E-state index in [9.17, 15) is 5.11 Å². The van der Waals surface area contributed by atoms with E-state index in [0.29, 0.717) is 29.5 Å². The summed E-state index contributed by atoms with van der Waals surface area (Å²) in [6.07, 6.45) is 5.54. The Morgan fingerprint density at radius 3 is 2.84 bits per heavy atom. The molecule has 25 heavy (non-hydrogen) atoms. The quantitative estimate of drug-likeness (QED) is 0.597. The maximum Gasteiger partial charge on any atom is 0.233 e. The van der Waals surface area contributed by atoms with Gasteiger partial charge in [-0.1, -0.05) is 12.1 Å². The van der Waals surface area contributed by atoms with Gasteiger partial charge in [-0.15, -0.1) is 0 Å². The van der Waals surface area contributed by atoms with Crippen molar-refractivity contribution >= 4 is 11.6 Å². The van der Waals surface area contributed by atoms with Gasteiger partial charge >= 0.3 is 0 Å². The third-order valence-electron chi connectivity index (χ3n) is 3.74. The lowest BCUT2D eigenvalue weighted by atomic mass is 10.2. The van der Waals surface area contributed by atoms with Gasteiger partial charge in [0.15, 0.2) is 5.82 Å². The second kappa shape index (κ2) is 6.20. The number of hydrogen-bond acceptors (Lipinski definition) is 6. The first kappa shape index (κ1) is 15.1. The van der Waals surface area contributed by atoms with Crippen molar-refractivity contribution in [3.05, 3.63) is 66.4 Å². The van der Waals surface area contributed by atoms with E-state index < -0.39 is 0 Å². The summed E-state index contributed by atoms with van der Waals surface area (Å²) >= 11 is 0. The molecule has 0 bridgehead atoms. The summed E-state index contributed by atoms with van der Waals surface area (Å²) in [5.41, 5.74) is 2.28. The SMILES string of the molecule is Cc1cc(NCc2cn3cccnc3n2)nc(-c2ccccc2O)n1. The minimum atomic E-state index is 0.158. The van der Waals surface area contributed by atoms with E-state index in [4.69, 9.17) is 0 Å². The Labute approximate surface area is 144 Å². The minimum Gasteiger partial charge on any atom is -0.507 e. The minimum absolute atomic E-state index is 0.158. The number of phenols is 1. The number of benzene rings is 1. The van der Waals surface area contributed by atoms with E-state index in [-0.39, 0.29) is 5.75 Å². The smallest absolute Gasteiger partial charge is 0.233 e. The molecule has 0 spiro atoms. The van der Waals surface area contributed by atoms with Crippen molar-refractivity contribution in [2.45, 2.75) is 13.5 Å². The number of aromatic nitrogens is 5. The molecule has 0 atom stereocenters. The molecule has 0 aliphatic carbocycles. The molecule has 0 saturated carbocycles. The lowest BCUT2D eigenvalue weighted by Gasteiger charge is -2.08. The summed E-state index contributed by atoms with van der Waals surface area (Å²) in [4.78, 5) is 17.6. The highest BCUT2D eigenvalue weighted by Crippen LogP contribution is 2.26. The Balaban J connectivity index is 1.59. The molecule has 0 radical (unpaired) electrons. The first-order valence-corrected chi connectivity index (χ1v) is 7.85. The number of para-hydroxylation sites is 1. The molecule has 0 amide bonds. The summed E-state index contributed by atoms with van der Waals surface area (Å²) in [6.45, 7) is 2.41. The summed E-state index contributed by atoms with van der Waals surface area (Å²) in [6, 6.07) is 10.7. The van der Waals surface area contributed by atoms with Crippen LogP contribution in [0.1, 0.15) is 11.4 Å². The van der Waals surface area contributed by atoms with E-state index in [0.717, 1.165) is 11.4 Å². The zero-order valence-electron chi connectivity index (χ0n) is 13.6. The van der Waals surface area contributed by atoms with Gasteiger partial charge < -0.3 is 10.4 Å². The Morgan fingerprint density at radius 1 is 1.12 bits per heavy atom. The van der Waals surface area contributed by atoms with Crippen LogP contribution in [0.25, 0.3) is 17.2 Å². The topological polar surface area (TPSA) is 88.2 Å². The standard InChI is InChI=1S/C18H16N6O/c1-12-9-16(23-17(21-12)14-5-2-3-6-15(14)25)20-10-13-11-24-8-4-7-19-18(24)22-13/h2-9,11,25H,10H2,1H3,(H,20,21,23). The lowest BCUT2D eigenvalue weighted by molar-refractivity contribution is 0.477. The second-order valence-corrected chi connectivity index (χ2v) is 5.65. The zero-order chi connectivity index (χ0) is 17.2. The van der Waals surface area contributed by atoms with Gasteiger partial charge in [0.25, 0.3) is 0 Å². The summed E-state index contributed by atoms with van der Waals surface area (Å²) < 4.78 is 1.87. The first-order chi connectivity index (χ1) is 12.2. The van der Waals surface area contributed by atoms with Crippen LogP contribution in [0.2, 0.25) is 0 Å². The normalized spacial score (nSPS) is 10.9. The van der Waals surface area contributed by atoms with Crippen LogP contribution >= 0.6 is 0 Å². The number of hydrogen-bond donors (Lipinski definition) is 2. The van der Waals surface area contributed by atoms with E-state index in [1.165, 1.54) is 0 Å². The molecule has 3 heterocycles. The number of anilines is 1. The highest BCUT2D eigenvalue weighted by molar-refractivity contribution is 5.64. The van der Waals surface area contributed by atoms with Crippen LogP contribution in [0.3, 0.4) is 0 Å². The summed E-state index contributed by atoms with van der Waals surface area (Å²) in [5.74, 6) is 1.98. The Morgan fingerprint density at radius 2 is 2.00 bits per heavy atom. The van der Waals surface area contributed by atoms with Gasteiger partial charge in [0.1, 0.15) is 11.6 Å². The average Bonchev–Trinajstić information content (AvgIpc) is 3.03. The number of nitrogens with zero attached hydrogens (tertiary/aromatic N) is 5. The largest absolute Gasteiger partial charge is 0.507 e. The van der Waals surface area contributed by atoms with Crippen molar-refractivity contribution in [3.63, 3.8) is 0 Å². The molecule has 0 saturated heterocycles. The monoisotopic (exact) mass is 332 g/mol. The zero-order valence-corrected chi connectivity index (χ0v) is 13.6. The van der Waals surface area contributed by atoms with Crippen molar-refractivity contribution in [1.82, 2.24) is 24.3 Å². The molecule has 7 heteroatoms. The Hall–Kier alpha value is -3.48. The molecular formula is C18H16N6O. The van der Waals surface area contributed by atoms with Gasteiger partial charge in [-0.2, -0.15) is 0 Å². The Bertz CT molecular complexity index is 1010. The lowest BCUT2D eigenvalue weighted by Crippen LogP contribution is -2.04. The third-order valence-corrected chi connectivity index (χ3v) is 3.74. The van der Waals surface area contributed by atoms with Crippen molar-refractivity contribution in [2.24, 2.45) is 0 Å². The molecule has 0 unspecified atom stereocenters. The molecule has 0 aliphatic rings. The molecule has 7 nitrogen and oxygen atoms in total. The summed E-state index contributed by atoms with van der Waals surface area (Å²) in [7, 11) is 0. The van der Waals surface area contributed by atoms with Gasteiger partial charge in [0.2, 0.25) is 5.78 Å². The molecule has 4 rings (SSSR count). The third kappa shape index (κ3) is 3.12. The summed E-state index contributed by atoms with van der Waals surface area (Å²) in [5, 5.41) is 13.3. The Kier molecular flexibility index (Phi) is 3.74. The van der Waals surface area contributed by atoms with Crippen molar-refractivity contribution in [3.8, 4) is 17.1 Å². The molecule has 3 aromatic heterocycles. The van der Waals surface area contributed by atoms with Gasteiger partial charge in [-0.05, 0) is 25.1 Å². The second-order valence-electron chi connectivity index (χ2n) is 5.65. The number of imidazole rings is 1. The molecule has 0 aliphatic heterocycles. The average molecular weight is 332 g/mol. The molecular weight excluding hydrogens is 316 g/mol. The van der Waals surface area contributed by atoms with Crippen LogP contribution in [0.15, 0.2) is 55.0 Å². The molecule has 1 aromatic carbocycles. The van der Waals surface area contributed by atoms with Gasteiger partial charge in [-0.25, -0.2) is 19.9 Å². The number of nitrogens with one attached hydrogen (secondary N) is 1. The number of aromatic hydroxyl groups is 1. The molecule has 0 fully saturated rings. The van der Waals surface area contributed by atoms with E-state index in [2.05, 4.69) is 25.3 Å². The highest BCUT2D eigenvalue weighted by atomic mass is 16.3. The van der Waals surface area contributed by atoms with Crippen LogP contribution in [-0.4, -0.2) is 29.4 Å². The number of phenolic OH excluding ortho intramolecular Hbond substituents is 1. The van der Waals surface area contributed by atoms with Crippen molar-refractivity contribution in [1.29, 1.82) is 0 Å². The van der Waals surface area contributed by atoms with E-state index >= 15 is 0 Å². The fourth-order valence-corrected chi connectivity index (χ4v) is 2.59.